The molecule has 0 bridgehead atoms. The van der Waals surface area contributed by atoms with Gasteiger partial charge >= 0.3 is 5.97 Å². The number of hydrogen-bond donors (Lipinski definition) is 3. The lowest BCUT2D eigenvalue weighted by Crippen LogP contribution is -2.42. The molecule has 2 aromatic carbocycles. The minimum Gasteiger partial charge on any atom is -0.497 e. The largest absolute Gasteiger partial charge is 0.497 e. The standard InChI is InChI=1S/C17H18N2O4/c1-23-14-8-2-11(3-9-14)10-15(17(21)22)19-16(20)12-4-6-13(18)7-5-12/h2-9,15H,10,18H2,1H3,(H,19,20)(H,21,22)/t15-/m0/s1. The average molecular weight is 314 g/mol. The van der Waals surface area contributed by atoms with Gasteiger partial charge in [0.15, 0.2) is 0 Å². The summed E-state index contributed by atoms with van der Waals surface area (Å²) in [7, 11) is 1.56. The van der Waals surface area contributed by atoms with Crippen LogP contribution < -0.4 is 15.8 Å². The number of benzene rings is 2. The number of hydrogen-bond acceptors (Lipinski definition) is 4. The van der Waals surface area contributed by atoms with Gasteiger partial charge in [0.2, 0.25) is 0 Å². The molecule has 4 N–H and O–H groups in total. The molecule has 6 heteroatoms. The Morgan fingerprint density at radius 3 is 2.26 bits per heavy atom. The lowest BCUT2D eigenvalue weighted by molar-refractivity contribution is -0.139. The molecule has 1 amide bonds. The summed E-state index contributed by atoms with van der Waals surface area (Å²) in [4.78, 5) is 23.5. The highest BCUT2D eigenvalue weighted by Gasteiger charge is 2.21. The van der Waals surface area contributed by atoms with Gasteiger partial charge in [-0.05, 0) is 42.0 Å². The van der Waals surface area contributed by atoms with Crippen molar-refractivity contribution in [3.63, 3.8) is 0 Å². The molecule has 6 nitrogen and oxygen atoms in total. The van der Waals surface area contributed by atoms with Crippen LogP contribution in [0.25, 0.3) is 0 Å². The summed E-state index contributed by atoms with van der Waals surface area (Å²) in [6.07, 6.45) is 0.181. The van der Waals surface area contributed by atoms with Crippen molar-refractivity contribution in [1.82, 2.24) is 5.32 Å². The van der Waals surface area contributed by atoms with E-state index in [9.17, 15) is 14.7 Å². The third kappa shape index (κ3) is 4.47. The molecular weight excluding hydrogens is 296 g/mol. The fourth-order valence-corrected chi connectivity index (χ4v) is 2.07. The molecule has 0 aliphatic heterocycles. The Kier molecular flexibility index (Phi) is 5.19. The number of carbonyl (C=O) groups is 2. The second kappa shape index (κ2) is 7.31. The second-order valence-corrected chi connectivity index (χ2v) is 5.04. The van der Waals surface area contributed by atoms with Crippen molar-refractivity contribution < 1.29 is 19.4 Å². The Balaban J connectivity index is 2.07. The molecule has 0 unspecified atom stereocenters. The van der Waals surface area contributed by atoms with Gasteiger partial charge in [0.25, 0.3) is 5.91 Å². The number of methoxy groups -OCH3 is 1. The smallest absolute Gasteiger partial charge is 0.326 e. The fraction of sp³-hybridized carbons (Fsp3) is 0.176. The van der Waals surface area contributed by atoms with Crippen LogP contribution in [0.2, 0.25) is 0 Å². The molecule has 2 rings (SSSR count). The molecule has 0 aliphatic carbocycles. The number of nitrogens with one attached hydrogen (secondary N) is 1. The van der Waals surface area contributed by atoms with Crippen LogP contribution in [0, 0.1) is 0 Å². The third-order valence-corrected chi connectivity index (χ3v) is 3.38. The molecule has 0 saturated heterocycles. The lowest BCUT2D eigenvalue weighted by atomic mass is 10.1. The minimum atomic E-state index is -1.09. The number of nitrogens with two attached hydrogens (primary N) is 1. The van der Waals surface area contributed by atoms with Crippen LogP contribution in [0.15, 0.2) is 48.5 Å². The van der Waals surface area contributed by atoms with Gasteiger partial charge in [0, 0.05) is 17.7 Å². The predicted octanol–water partition coefficient (Wildman–Crippen LogP) is 1.70. The number of anilines is 1. The van der Waals surface area contributed by atoms with E-state index in [4.69, 9.17) is 10.5 Å². The van der Waals surface area contributed by atoms with Crippen molar-refractivity contribution in [3.8, 4) is 5.75 Å². The van der Waals surface area contributed by atoms with Crippen LogP contribution in [0.5, 0.6) is 5.75 Å². The molecule has 1 atom stereocenters. The predicted molar refractivity (Wildman–Crippen MR) is 86.4 cm³/mol. The van der Waals surface area contributed by atoms with Crippen LogP contribution in [0.1, 0.15) is 15.9 Å². The van der Waals surface area contributed by atoms with Crippen LogP contribution >= 0.6 is 0 Å². The molecule has 0 radical (unpaired) electrons. The first-order valence-corrected chi connectivity index (χ1v) is 7.01. The van der Waals surface area contributed by atoms with Crippen LogP contribution in [0.3, 0.4) is 0 Å². The summed E-state index contributed by atoms with van der Waals surface area (Å²) in [5, 5.41) is 11.8. The zero-order valence-electron chi connectivity index (χ0n) is 12.7. The summed E-state index contributed by atoms with van der Waals surface area (Å²) in [6, 6.07) is 12.3. The van der Waals surface area contributed by atoms with Crippen molar-refractivity contribution in [2.45, 2.75) is 12.5 Å². The molecule has 0 saturated carbocycles. The van der Waals surface area contributed by atoms with E-state index in [1.165, 1.54) is 0 Å². The maximum absolute atomic E-state index is 12.1. The Labute approximate surface area is 133 Å². The first kappa shape index (κ1) is 16.4. The molecule has 120 valence electrons. The zero-order chi connectivity index (χ0) is 16.8. The maximum atomic E-state index is 12.1. The van der Waals surface area contributed by atoms with E-state index in [2.05, 4.69) is 5.32 Å². The van der Waals surface area contributed by atoms with Crippen molar-refractivity contribution in [3.05, 3.63) is 59.7 Å². The highest BCUT2D eigenvalue weighted by Crippen LogP contribution is 2.13. The van der Waals surface area contributed by atoms with Crippen LogP contribution in [-0.4, -0.2) is 30.1 Å². The number of nitrogen functional groups attached to an aromatic ring is 1. The summed E-state index contributed by atoms with van der Waals surface area (Å²) in [6.45, 7) is 0. The summed E-state index contributed by atoms with van der Waals surface area (Å²) < 4.78 is 5.06. The zero-order valence-corrected chi connectivity index (χ0v) is 12.7. The number of amides is 1. The van der Waals surface area contributed by atoms with Gasteiger partial charge in [-0.1, -0.05) is 12.1 Å². The number of ether oxygens (including phenoxy) is 1. The van der Waals surface area contributed by atoms with E-state index in [0.717, 1.165) is 5.56 Å². The average Bonchev–Trinajstić information content (AvgIpc) is 2.55. The third-order valence-electron chi connectivity index (χ3n) is 3.38. The van der Waals surface area contributed by atoms with Crippen LogP contribution in [-0.2, 0) is 11.2 Å². The number of carbonyl (C=O) groups excluding carboxylic acids is 1. The first-order valence-electron chi connectivity index (χ1n) is 7.01. The lowest BCUT2D eigenvalue weighted by Gasteiger charge is -2.15. The fourth-order valence-electron chi connectivity index (χ4n) is 2.07. The van der Waals surface area contributed by atoms with Gasteiger partial charge < -0.3 is 20.9 Å². The van der Waals surface area contributed by atoms with Gasteiger partial charge in [-0.15, -0.1) is 0 Å². The highest BCUT2D eigenvalue weighted by atomic mass is 16.5. The van der Waals surface area contributed by atoms with E-state index in [-0.39, 0.29) is 6.42 Å². The molecule has 0 aliphatic rings. The molecular formula is C17H18N2O4. The highest BCUT2D eigenvalue weighted by molar-refractivity contribution is 5.96. The summed E-state index contributed by atoms with van der Waals surface area (Å²) in [5.74, 6) is -0.859. The molecule has 0 spiro atoms. The Morgan fingerprint density at radius 2 is 1.74 bits per heavy atom. The van der Waals surface area contributed by atoms with Crippen molar-refractivity contribution in [2.24, 2.45) is 0 Å². The second-order valence-electron chi connectivity index (χ2n) is 5.04. The van der Waals surface area contributed by atoms with Crippen molar-refractivity contribution in [2.75, 3.05) is 12.8 Å². The topological polar surface area (TPSA) is 102 Å². The molecule has 2 aromatic rings. The van der Waals surface area contributed by atoms with Crippen molar-refractivity contribution >= 4 is 17.6 Å². The van der Waals surface area contributed by atoms with Crippen LogP contribution in [0.4, 0.5) is 5.69 Å². The quantitative estimate of drug-likeness (QED) is 0.704. The Bertz CT molecular complexity index is 681. The molecule has 0 aromatic heterocycles. The van der Waals surface area contributed by atoms with E-state index in [0.29, 0.717) is 17.0 Å². The van der Waals surface area contributed by atoms with E-state index in [1.807, 2.05) is 0 Å². The first-order chi connectivity index (χ1) is 11.0. The SMILES string of the molecule is COc1ccc(C[C@H](NC(=O)c2ccc(N)cc2)C(=O)O)cc1. The monoisotopic (exact) mass is 314 g/mol. The summed E-state index contributed by atoms with van der Waals surface area (Å²) >= 11 is 0. The number of aliphatic carboxylic acids is 1. The Hall–Kier alpha value is -3.02. The maximum Gasteiger partial charge on any atom is 0.326 e. The Morgan fingerprint density at radius 1 is 1.13 bits per heavy atom. The van der Waals surface area contributed by atoms with Crippen molar-refractivity contribution in [1.29, 1.82) is 0 Å². The minimum absolute atomic E-state index is 0.181. The summed E-state index contributed by atoms with van der Waals surface area (Å²) in [5.41, 5.74) is 7.25. The van der Waals surface area contributed by atoms with E-state index < -0.39 is 17.9 Å². The molecule has 23 heavy (non-hydrogen) atoms. The van der Waals surface area contributed by atoms with Gasteiger partial charge in [0.05, 0.1) is 7.11 Å². The van der Waals surface area contributed by atoms with Gasteiger partial charge in [-0.2, -0.15) is 0 Å². The molecule has 0 fully saturated rings. The number of carboxylic acid groups (broad SMARTS) is 1. The number of rotatable bonds is 6. The van der Waals surface area contributed by atoms with Gasteiger partial charge in [0.1, 0.15) is 11.8 Å². The molecule has 0 heterocycles. The van der Waals surface area contributed by atoms with E-state index >= 15 is 0 Å². The van der Waals surface area contributed by atoms with E-state index in [1.54, 1.807) is 55.6 Å². The number of carboxylic acids is 1. The normalized spacial score (nSPS) is 11.5. The van der Waals surface area contributed by atoms with Gasteiger partial charge in [-0.3, -0.25) is 4.79 Å². The van der Waals surface area contributed by atoms with Gasteiger partial charge in [-0.25, -0.2) is 4.79 Å².